The van der Waals surface area contributed by atoms with Crippen molar-refractivity contribution in [2.75, 3.05) is 56.9 Å². The van der Waals surface area contributed by atoms with Gasteiger partial charge in [-0.25, -0.2) is 14.4 Å². The minimum absolute atomic E-state index is 0.312. The number of halogens is 1. The average molecular weight is 532 g/mol. The van der Waals surface area contributed by atoms with E-state index in [2.05, 4.69) is 27.1 Å². The van der Waals surface area contributed by atoms with Gasteiger partial charge in [0, 0.05) is 61.6 Å². The molecule has 0 saturated carbocycles. The molecule has 2 N–H and O–H groups in total. The van der Waals surface area contributed by atoms with Crippen LogP contribution in [-0.4, -0.2) is 66.7 Å². The van der Waals surface area contributed by atoms with Crippen LogP contribution in [0.2, 0.25) is 0 Å². The highest BCUT2D eigenvalue weighted by Crippen LogP contribution is 2.38. The van der Waals surface area contributed by atoms with E-state index in [1.807, 2.05) is 62.9 Å². The average Bonchev–Trinajstić information content (AvgIpc) is 3.22. The van der Waals surface area contributed by atoms with Crippen molar-refractivity contribution < 1.29 is 13.9 Å². The number of methoxy groups -OCH3 is 1. The van der Waals surface area contributed by atoms with Gasteiger partial charge in [-0.05, 0) is 57.4 Å². The van der Waals surface area contributed by atoms with Gasteiger partial charge in [0.15, 0.2) is 0 Å². The van der Waals surface area contributed by atoms with Gasteiger partial charge >= 0.3 is 0 Å². The maximum atomic E-state index is 14.1. The zero-order valence-electron chi connectivity index (χ0n) is 23.2. The van der Waals surface area contributed by atoms with Gasteiger partial charge in [0.25, 0.3) is 0 Å². The molecule has 0 aliphatic heterocycles. The number of carbonyl (C=O) groups excluding carboxylic acids is 1. The lowest BCUT2D eigenvalue weighted by molar-refractivity contribution is -0.111. The molecular formula is C29H34FN7O2. The predicted octanol–water partition coefficient (Wildman–Crippen LogP) is 4.96. The topological polar surface area (TPSA) is 87.5 Å². The molecule has 1 amide bonds. The number of fused-ring (bicyclic) bond motifs is 1. The number of amides is 1. The maximum absolute atomic E-state index is 14.1. The summed E-state index contributed by atoms with van der Waals surface area (Å²) in [6.07, 6.45) is 3.15. The van der Waals surface area contributed by atoms with Gasteiger partial charge in [-0.3, -0.25) is 4.79 Å². The quantitative estimate of drug-likeness (QED) is 0.280. The van der Waals surface area contributed by atoms with Gasteiger partial charge in [-0.1, -0.05) is 6.58 Å². The number of nitrogens with zero attached hydrogens (tertiary/aromatic N) is 5. The molecule has 2 aromatic carbocycles. The van der Waals surface area contributed by atoms with Gasteiger partial charge in [-0.2, -0.15) is 0 Å². The third-order valence-corrected chi connectivity index (χ3v) is 6.38. The predicted molar refractivity (Wildman–Crippen MR) is 156 cm³/mol. The number of ether oxygens (including phenoxy) is 1. The van der Waals surface area contributed by atoms with Crippen LogP contribution in [-0.2, 0) is 11.8 Å². The Morgan fingerprint density at radius 3 is 2.59 bits per heavy atom. The van der Waals surface area contributed by atoms with Crippen LogP contribution in [0.5, 0.6) is 5.75 Å². The van der Waals surface area contributed by atoms with Gasteiger partial charge in [0.2, 0.25) is 11.9 Å². The SMILES string of the molecule is C=CC(=O)Nc1cc(Nc2nc(C)cc(-c3cn(C)c4ccc(F)cc34)n2)c(OC)cc1N(C)CCN(C)C. The fraction of sp³-hybridized carbons (Fsp3) is 0.276. The second-order valence-electron chi connectivity index (χ2n) is 9.65. The summed E-state index contributed by atoms with van der Waals surface area (Å²) in [5, 5.41) is 6.92. The number of carbonyl (C=O) groups is 1. The number of hydrogen-bond donors (Lipinski definition) is 2. The van der Waals surface area contributed by atoms with Crippen molar-refractivity contribution in [3.63, 3.8) is 0 Å². The molecule has 0 radical (unpaired) electrons. The van der Waals surface area contributed by atoms with E-state index in [9.17, 15) is 9.18 Å². The highest BCUT2D eigenvalue weighted by molar-refractivity contribution is 6.02. The smallest absolute Gasteiger partial charge is 0.247 e. The van der Waals surface area contributed by atoms with Gasteiger partial charge in [-0.15, -0.1) is 0 Å². The van der Waals surface area contributed by atoms with E-state index in [-0.39, 0.29) is 11.7 Å². The van der Waals surface area contributed by atoms with Crippen molar-refractivity contribution in [1.29, 1.82) is 0 Å². The summed E-state index contributed by atoms with van der Waals surface area (Å²) < 4.78 is 21.7. The molecule has 9 nitrogen and oxygen atoms in total. The van der Waals surface area contributed by atoms with Crippen molar-refractivity contribution in [3.8, 4) is 17.0 Å². The minimum Gasteiger partial charge on any atom is -0.494 e. The molecule has 0 unspecified atom stereocenters. The number of anilines is 4. The first kappa shape index (κ1) is 27.6. The summed E-state index contributed by atoms with van der Waals surface area (Å²) >= 11 is 0. The van der Waals surface area contributed by atoms with E-state index in [1.165, 1.54) is 18.2 Å². The third-order valence-electron chi connectivity index (χ3n) is 6.38. The number of nitrogens with one attached hydrogen (secondary N) is 2. The number of likely N-dealkylation sites (N-methyl/N-ethyl adjacent to an activating group) is 2. The second kappa shape index (κ2) is 11.5. The first-order valence-electron chi connectivity index (χ1n) is 12.5. The van der Waals surface area contributed by atoms with Crippen LogP contribution < -0.4 is 20.3 Å². The summed E-state index contributed by atoms with van der Waals surface area (Å²) in [7, 11) is 9.47. The summed E-state index contributed by atoms with van der Waals surface area (Å²) in [6.45, 7) is 7.00. The molecule has 0 spiro atoms. The van der Waals surface area contributed by atoms with Crippen molar-refractivity contribution in [3.05, 3.63) is 66.8 Å². The van der Waals surface area contributed by atoms with Crippen LogP contribution in [0, 0.1) is 12.7 Å². The molecule has 4 rings (SSSR count). The summed E-state index contributed by atoms with van der Waals surface area (Å²) in [5.41, 5.74) is 5.03. The van der Waals surface area contributed by atoms with Crippen LogP contribution in [0.1, 0.15) is 5.69 Å². The fourth-order valence-electron chi connectivity index (χ4n) is 4.36. The number of benzene rings is 2. The molecule has 0 aliphatic rings. The number of rotatable bonds is 10. The van der Waals surface area contributed by atoms with Gasteiger partial charge in [0.1, 0.15) is 11.6 Å². The highest BCUT2D eigenvalue weighted by atomic mass is 19.1. The van der Waals surface area contributed by atoms with E-state index >= 15 is 0 Å². The van der Waals surface area contributed by atoms with E-state index in [0.29, 0.717) is 28.8 Å². The Bertz CT molecular complexity index is 1530. The van der Waals surface area contributed by atoms with Crippen molar-refractivity contribution in [2.45, 2.75) is 6.92 Å². The van der Waals surface area contributed by atoms with Crippen LogP contribution in [0.4, 0.5) is 27.4 Å². The molecule has 2 heterocycles. The van der Waals surface area contributed by atoms with Crippen molar-refractivity contribution >= 4 is 39.8 Å². The van der Waals surface area contributed by atoms with Crippen LogP contribution in [0.15, 0.2) is 55.3 Å². The van der Waals surface area contributed by atoms with Crippen molar-refractivity contribution in [2.24, 2.45) is 7.05 Å². The summed E-state index contributed by atoms with van der Waals surface area (Å²) in [5.74, 6) is 0.253. The Labute approximate surface area is 227 Å². The standard InChI is InChI=1S/C29H34FN7O2/c1-8-28(38)32-23-15-24(27(39-7)16-26(23)36(5)12-11-35(3)4)34-29-31-18(2)13-22(33-29)21-17-37(6)25-10-9-19(30)14-20(21)25/h8-10,13-17H,1,11-12H2,2-7H3,(H,32,38)(H,31,33,34). The molecule has 0 atom stereocenters. The maximum Gasteiger partial charge on any atom is 0.247 e. The normalized spacial score (nSPS) is 11.1. The lowest BCUT2D eigenvalue weighted by atomic mass is 10.1. The third kappa shape index (κ3) is 6.18. The van der Waals surface area contributed by atoms with Gasteiger partial charge < -0.3 is 29.7 Å². The summed E-state index contributed by atoms with van der Waals surface area (Å²) in [4.78, 5) is 25.7. The molecule has 4 aromatic rings. The molecular weight excluding hydrogens is 497 g/mol. The first-order chi connectivity index (χ1) is 18.6. The van der Waals surface area contributed by atoms with Crippen LogP contribution >= 0.6 is 0 Å². The second-order valence-corrected chi connectivity index (χ2v) is 9.65. The number of aromatic nitrogens is 3. The Morgan fingerprint density at radius 2 is 1.90 bits per heavy atom. The molecule has 0 bridgehead atoms. The van der Waals surface area contributed by atoms with Gasteiger partial charge in [0.05, 0.1) is 29.9 Å². The minimum atomic E-state index is -0.328. The van der Waals surface area contributed by atoms with E-state index in [4.69, 9.17) is 9.72 Å². The van der Waals surface area contributed by atoms with Crippen molar-refractivity contribution in [1.82, 2.24) is 19.4 Å². The largest absolute Gasteiger partial charge is 0.494 e. The zero-order valence-corrected chi connectivity index (χ0v) is 23.2. The zero-order chi connectivity index (χ0) is 28.3. The van der Waals surface area contributed by atoms with E-state index < -0.39 is 0 Å². The number of aryl methyl sites for hydroxylation is 2. The molecule has 204 valence electrons. The van der Waals surface area contributed by atoms with E-state index in [0.717, 1.165) is 40.9 Å². The first-order valence-corrected chi connectivity index (χ1v) is 12.5. The molecule has 0 aliphatic carbocycles. The van der Waals surface area contributed by atoms with Crippen LogP contribution in [0.3, 0.4) is 0 Å². The molecule has 0 saturated heterocycles. The molecule has 10 heteroatoms. The monoisotopic (exact) mass is 531 g/mol. The summed E-state index contributed by atoms with van der Waals surface area (Å²) in [6, 6.07) is 10.2. The Morgan fingerprint density at radius 1 is 1.13 bits per heavy atom. The lowest BCUT2D eigenvalue weighted by Gasteiger charge is -2.26. The highest BCUT2D eigenvalue weighted by Gasteiger charge is 2.18. The lowest BCUT2D eigenvalue weighted by Crippen LogP contribution is -2.29. The number of hydrogen-bond acceptors (Lipinski definition) is 7. The molecule has 0 fully saturated rings. The Hall–Kier alpha value is -4.44. The van der Waals surface area contributed by atoms with E-state index in [1.54, 1.807) is 19.2 Å². The molecule has 39 heavy (non-hydrogen) atoms. The van der Waals surface area contributed by atoms with Crippen LogP contribution in [0.25, 0.3) is 22.2 Å². The Balaban J connectivity index is 1.76. The fourth-order valence-corrected chi connectivity index (χ4v) is 4.36. The Kier molecular flexibility index (Phi) is 8.15. The molecule has 2 aromatic heterocycles.